The first kappa shape index (κ1) is 32.9. The molecule has 2 aromatic rings. The number of amides is 3. The number of ether oxygens (including phenoxy) is 1. The zero-order valence-electron chi connectivity index (χ0n) is 23.3. The SMILES string of the molecule is CC(C)C(N)C(=O)OCC(=O)C(C[C@@H]1CCNC1=O)NC(=O)C(CC1CC1)NC(=O)c1cc2cc(F)cc(F)c2[nH]1.Cl. The molecular weight excluding hydrogens is 576 g/mol. The third-order valence-electron chi connectivity index (χ3n) is 7.51. The third kappa shape index (κ3) is 8.25. The van der Waals surface area contributed by atoms with Crippen LogP contribution < -0.4 is 21.7 Å². The Bertz CT molecular complexity index is 1350. The molecule has 2 aliphatic rings. The summed E-state index contributed by atoms with van der Waals surface area (Å²) >= 11 is 0. The first-order valence-electron chi connectivity index (χ1n) is 13.7. The Hall–Kier alpha value is -3.58. The summed E-state index contributed by atoms with van der Waals surface area (Å²) in [7, 11) is 0. The molecule has 14 heteroatoms. The lowest BCUT2D eigenvalue weighted by atomic mass is 9.95. The number of H-pyrrole nitrogens is 1. The Balaban J connectivity index is 0.00000484. The maximum absolute atomic E-state index is 14.1. The highest BCUT2D eigenvalue weighted by Gasteiger charge is 2.36. The first-order chi connectivity index (χ1) is 19.4. The normalized spacial score (nSPS) is 18.5. The van der Waals surface area contributed by atoms with Crippen LogP contribution in [0.15, 0.2) is 18.2 Å². The summed E-state index contributed by atoms with van der Waals surface area (Å²) in [5, 5.41) is 8.13. The van der Waals surface area contributed by atoms with E-state index in [9.17, 15) is 32.8 Å². The van der Waals surface area contributed by atoms with E-state index in [1.807, 2.05) is 0 Å². The van der Waals surface area contributed by atoms with Crippen molar-refractivity contribution in [2.24, 2.45) is 23.5 Å². The van der Waals surface area contributed by atoms with Crippen molar-refractivity contribution in [3.05, 3.63) is 35.5 Å². The maximum Gasteiger partial charge on any atom is 0.323 e. The fourth-order valence-electron chi connectivity index (χ4n) is 4.75. The van der Waals surface area contributed by atoms with Crippen LogP contribution in [0.25, 0.3) is 10.9 Å². The van der Waals surface area contributed by atoms with Crippen LogP contribution in [0.3, 0.4) is 0 Å². The Morgan fingerprint density at radius 1 is 1.05 bits per heavy atom. The van der Waals surface area contributed by atoms with Gasteiger partial charge in [-0.15, -0.1) is 12.4 Å². The number of carbonyl (C=O) groups excluding carboxylic acids is 5. The van der Waals surface area contributed by atoms with Crippen LogP contribution in [0.4, 0.5) is 8.78 Å². The second-order valence-corrected chi connectivity index (χ2v) is 11.2. The summed E-state index contributed by atoms with van der Waals surface area (Å²) in [6.45, 7) is 3.25. The van der Waals surface area contributed by atoms with E-state index in [0.717, 1.165) is 18.9 Å². The van der Waals surface area contributed by atoms with E-state index >= 15 is 0 Å². The van der Waals surface area contributed by atoms with Crippen molar-refractivity contribution in [2.45, 2.75) is 64.1 Å². The number of benzene rings is 1. The van der Waals surface area contributed by atoms with Gasteiger partial charge in [-0.1, -0.05) is 26.7 Å². The fraction of sp³-hybridized carbons (Fsp3) is 0.536. The Morgan fingerprint density at radius 3 is 2.38 bits per heavy atom. The summed E-state index contributed by atoms with van der Waals surface area (Å²) in [4.78, 5) is 66.6. The molecule has 1 aromatic heterocycles. The van der Waals surface area contributed by atoms with Gasteiger partial charge in [-0.25, -0.2) is 8.78 Å². The van der Waals surface area contributed by atoms with Gasteiger partial charge in [0.05, 0.1) is 11.6 Å². The van der Waals surface area contributed by atoms with Crippen LogP contribution >= 0.6 is 12.4 Å². The standard InChI is InChI=1S/C28H35F2N5O6.ClH/c1-13(2)23(31)28(40)41-12-22(36)19(9-15-5-6-32-25(15)37)34-26(38)20(7-14-3-4-14)35-27(39)21-10-16-8-17(29)11-18(30)24(16)33-21;/h8,10-11,13-15,19-20,23,33H,3-7,9,12,31H2,1-2H3,(H,32,37)(H,34,38)(H,35,39);1H/t15-,19?,20?,23?;/m0./s1. The van der Waals surface area contributed by atoms with Crippen molar-refractivity contribution in [2.75, 3.05) is 13.2 Å². The number of carbonyl (C=O) groups is 5. The molecule has 42 heavy (non-hydrogen) atoms. The van der Waals surface area contributed by atoms with E-state index in [4.69, 9.17) is 10.5 Å². The minimum absolute atomic E-state index is 0. The van der Waals surface area contributed by atoms with Crippen LogP contribution in [0.2, 0.25) is 0 Å². The number of hydrogen-bond acceptors (Lipinski definition) is 7. The molecule has 0 bridgehead atoms. The lowest BCUT2D eigenvalue weighted by molar-refractivity contribution is -0.151. The summed E-state index contributed by atoms with van der Waals surface area (Å²) in [6.07, 6.45) is 2.49. The van der Waals surface area contributed by atoms with Crippen molar-refractivity contribution in [3.8, 4) is 0 Å². The number of fused-ring (bicyclic) bond motifs is 1. The molecule has 2 heterocycles. The van der Waals surface area contributed by atoms with E-state index in [1.165, 1.54) is 6.07 Å². The van der Waals surface area contributed by atoms with Gasteiger partial charge in [-0.2, -0.15) is 0 Å². The van der Waals surface area contributed by atoms with Crippen molar-refractivity contribution in [1.29, 1.82) is 0 Å². The third-order valence-corrected chi connectivity index (χ3v) is 7.51. The molecule has 1 aliphatic carbocycles. The average molecular weight is 612 g/mol. The average Bonchev–Trinajstić information content (AvgIpc) is 3.48. The van der Waals surface area contributed by atoms with E-state index in [2.05, 4.69) is 20.9 Å². The van der Waals surface area contributed by atoms with Gasteiger partial charge in [-0.05, 0) is 43.2 Å². The van der Waals surface area contributed by atoms with Crippen LogP contribution in [0.5, 0.6) is 0 Å². The second-order valence-electron chi connectivity index (χ2n) is 11.2. The minimum atomic E-state index is -1.16. The van der Waals surface area contributed by atoms with Crippen molar-refractivity contribution < 1.29 is 37.5 Å². The summed E-state index contributed by atoms with van der Waals surface area (Å²) < 4.78 is 32.8. The topological polar surface area (TPSA) is 172 Å². The van der Waals surface area contributed by atoms with Gasteiger partial charge in [0.2, 0.25) is 11.8 Å². The summed E-state index contributed by atoms with van der Waals surface area (Å²) in [6, 6.07) is -0.0834. The van der Waals surface area contributed by atoms with Gasteiger partial charge in [-0.3, -0.25) is 24.0 Å². The number of Topliss-reactive ketones (excluding diaryl/α,β-unsaturated/α-hetero) is 1. The van der Waals surface area contributed by atoms with E-state index in [-0.39, 0.29) is 53.2 Å². The molecule has 3 amide bonds. The fourth-order valence-corrected chi connectivity index (χ4v) is 4.75. The van der Waals surface area contributed by atoms with Crippen molar-refractivity contribution >= 4 is 52.8 Å². The van der Waals surface area contributed by atoms with Gasteiger partial charge in [0, 0.05) is 23.9 Å². The monoisotopic (exact) mass is 611 g/mol. The van der Waals surface area contributed by atoms with Crippen LogP contribution in [0, 0.1) is 29.4 Å². The zero-order valence-corrected chi connectivity index (χ0v) is 24.2. The zero-order chi connectivity index (χ0) is 29.8. The molecule has 230 valence electrons. The highest BCUT2D eigenvalue weighted by atomic mass is 35.5. The Kier molecular flexibility index (Phi) is 11.0. The molecule has 4 atom stereocenters. The number of esters is 1. The minimum Gasteiger partial charge on any atom is -0.456 e. The molecule has 4 rings (SSSR count). The number of rotatable bonds is 13. The molecule has 0 radical (unpaired) electrons. The number of nitrogens with one attached hydrogen (secondary N) is 4. The lowest BCUT2D eigenvalue weighted by Gasteiger charge is -2.24. The van der Waals surface area contributed by atoms with Crippen LogP contribution in [-0.2, 0) is 23.9 Å². The predicted octanol–water partition coefficient (Wildman–Crippen LogP) is 1.87. The molecule has 1 saturated carbocycles. The van der Waals surface area contributed by atoms with Crippen molar-refractivity contribution in [1.82, 2.24) is 20.9 Å². The van der Waals surface area contributed by atoms with E-state index in [0.29, 0.717) is 25.5 Å². The molecule has 3 unspecified atom stereocenters. The molecule has 1 aromatic carbocycles. The van der Waals surface area contributed by atoms with Crippen molar-refractivity contribution in [3.63, 3.8) is 0 Å². The smallest absolute Gasteiger partial charge is 0.323 e. The van der Waals surface area contributed by atoms with Crippen LogP contribution in [0.1, 0.15) is 56.4 Å². The number of aromatic nitrogens is 1. The first-order valence-corrected chi connectivity index (χ1v) is 13.7. The van der Waals surface area contributed by atoms with Crippen LogP contribution in [-0.4, -0.2) is 65.7 Å². The highest BCUT2D eigenvalue weighted by molar-refractivity contribution is 6.01. The van der Waals surface area contributed by atoms with Gasteiger partial charge in [0.1, 0.15) is 29.4 Å². The molecule has 1 saturated heterocycles. The predicted molar refractivity (Wildman–Crippen MR) is 151 cm³/mol. The molecule has 11 nitrogen and oxygen atoms in total. The van der Waals surface area contributed by atoms with Gasteiger partial charge in [0.15, 0.2) is 12.4 Å². The quantitative estimate of drug-likeness (QED) is 0.215. The number of ketones is 1. The maximum atomic E-state index is 14.1. The number of nitrogens with two attached hydrogens (primary N) is 1. The van der Waals surface area contributed by atoms with Gasteiger partial charge in [0.25, 0.3) is 5.91 Å². The molecule has 0 spiro atoms. The van der Waals surface area contributed by atoms with Gasteiger partial charge >= 0.3 is 5.97 Å². The second kappa shape index (κ2) is 14.1. The molecule has 1 aliphatic heterocycles. The van der Waals surface area contributed by atoms with E-state index in [1.54, 1.807) is 13.8 Å². The number of aromatic amines is 1. The number of hydrogen-bond donors (Lipinski definition) is 5. The molecule has 6 N–H and O–H groups in total. The van der Waals surface area contributed by atoms with Gasteiger partial charge < -0.3 is 31.4 Å². The van der Waals surface area contributed by atoms with E-state index < -0.39 is 65.9 Å². The summed E-state index contributed by atoms with van der Waals surface area (Å²) in [5.74, 6) is -5.20. The Morgan fingerprint density at radius 2 is 1.76 bits per heavy atom. The highest BCUT2D eigenvalue weighted by Crippen LogP contribution is 2.34. The number of halogens is 3. The largest absolute Gasteiger partial charge is 0.456 e. The Labute approximate surface area is 247 Å². The molecular formula is C28H36ClF2N5O6. The lowest BCUT2D eigenvalue weighted by Crippen LogP contribution is -2.53. The molecule has 2 fully saturated rings. The summed E-state index contributed by atoms with van der Waals surface area (Å²) in [5.41, 5.74) is 5.67.